The highest BCUT2D eigenvalue weighted by Gasteiger charge is 2.12. The van der Waals surface area contributed by atoms with Crippen molar-refractivity contribution in [3.8, 4) is 0 Å². The van der Waals surface area contributed by atoms with Gasteiger partial charge in [-0.3, -0.25) is 4.79 Å². The third-order valence-electron chi connectivity index (χ3n) is 3.29. The van der Waals surface area contributed by atoms with Crippen molar-refractivity contribution in [3.63, 3.8) is 0 Å². The molecule has 0 spiro atoms. The van der Waals surface area contributed by atoms with Crippen LogP contribution in [0.25, 0.3) is 0 Å². The molecule has 0 saturated carbocycles. The lowest BCUT2D eigenvalue weighted by molar-refractivity contribution is 0.100. The maximum atomic E-state index is 13.5. The molecule has 0 aliphatic rings. The van der Waals surface area contributed by atoms with Crippen LogP contribution in [0.5, 0.6) is 0 Å². The van der Waals surface area contributed by atoms with Crippen molar-refractivity contribution in [2.24, 2.45) is 5.73 Å². The molecule has 2 rings (SSSR count). The number of halogens is 2. The number of hydrogen-bond acceptors (Lipinski definition) is 3. The number of carbonyl (C=O) groups is 2. The molecule has 5 N–H and O–H groups in total. The lowest BCUT2D eigenvalue weighted by Crippen LogP contribution is -2.21. The molecule has 0 aliphatic carbocycles. The van der Waals surface area contributed by atoms with Gasteiger partial charge in [0.15, 0.2) is 0 Å². The molecule has 2 aromatic rings. The van der Waals surface area contributed by atoms with Crippen LogP contribution in [0, 0.1) is 11.6 Å². The summed E-state index contributed by atoms with van der Waals surface area (Å²) in [5.41, 5.74) is 6.26. The molecular weight excluding hydrogens is 330 g/mol. The minimum atomic E-state index is -0.896. The Bertz CT molecular complexity index is 796. The van der Waals surface area contributed by atoms with Crippen LogP contribution in [-0.4, -0.2) is 18.5 Å². The Kier molecular flexibility index (Phi) is 5.89. The van der Waals surface area contributed by atoms with Crippen molar-refractivity contribution in [2.45, 2.75) is 13.3 Å². The highest BCUT2D eigenvalue weighted by Crippen LogP contribution is 2.21. The quantitative estimate of drug-likeness (QED) is 0.643. The van der Waals surface area contributed by atoms with Crippen LogP contribution >= 0.6 is 0 Å². The molecule has 0 saturated heterocycles. The number of nitrogens with one attached hydrogen (secondary N) is 3. The number of anilines is 3. The Balaban J connectivity index is 2.12. The Morgan fingerprint density at radius 1 is 1.04 bits per heavy atom. The van der Waals surface area contributed by atoms with Crippen LogP contribution in [0.2, 0.25) is 0 Å². The normalized spacial score (nSPS) is 10.2. The van der Waals surface area contributed by atoms with Gasteiger partial charge in [-0.05, 0) is 36.8 Å². The first kappa shape index (κ1) is 18.2. The van der Waals surface area contributed by atoms with Crippen molar-refractivity contribution in [2.75, 3.05) is 22.5 Å². The van der Waals surface area contributed by atoms with E-state index in [1.807, 2.05) is 6.92 Å². The van der Waals surface area contributed by atoms with E-state index in [0.717, 1.165) is 18.6 Å². The topological polar surface area (TPSA) is 96.2 Å². The maximum Gasteiger partial charge on any atom is 0.323 e. The number of primary amides is 1. The SMILES string of the molecule is CCCNc1ccc(NC(=O)Nc2ccc(F)cc2F)cc1C(N)=O. The van der Waals surface area contributed by atoms with E-state index in [0.29, 0.717) is 24.0 Å². The first-order chi connectivity index (χ1) is 11.9. The summed E-state index contributed by atoms with van der Waals surface area (Å²) in [6, 6.07) is 6.66. The van der Waals surface area contributed by atoms with E-state index in [4.69, 9.17) is 5.73 Å². The molecule has 0 unspecified atom stereocenters. The van der Waals surface area contributed by atoms with Crippen molar-refractivity contribution < 1.29 is 18.4 Å². The van der Waals surface area contributed by atoms with Gasteiger partial charge in [-0.2, -0.15) is 0 Å². The molecule has 0 atom stereocenters. The first-order valence-electron chi connectivity index (χ1n) is 7.61. The molecule has 0 fully saturated rings. The predicted molar refractivity (Wildman–Crippen MR) is 92.7 cm³/mol. The minimum absolute atomic E-state index is 0.171. The number of carbonyl (C=O) groups excluding carboxylic acids is 2. The van der Waals surface area contributed by atoms with Gasteiger partial charge >= 0.3 is 6.03 Å². The van der Waals surface area contributed by atoms with Crippen LogP contribution in [0.4, 0.5) is 30.6 Å². The third-order valence-corrected chi connectivity index (χ3v) is 3.29. The summed E-state index contributed by atoms with van der Waals surface area (Å²) in [6.45, 7) is 2.64. The molecule has 6 nitrogen and oxygen atoms in total. The number of rotatable bonds is 6. The molecule has 25 heavy (non-hydrogen) atoms. The smallest absolute Gasteiger partial charge is 0.323 e. The van der Waals surface area contributed by atoms with Gasteiger partial charge in [0.1, 0.15) is 11.6 Å². The first-order valence-corrected chi connectivity index (χ1v) is 7.61. The largest absolute Gasteiger partial charge is 0.384 e. The summed E-state index contributed by atoms with van der Waals surface area (Å²) in [5, 5.41) is 7.79. The van der Waals surface area contributed by atoms with Crippen molar-refractivity contribution in [3.05, 3.63) is 53.6 Å². The highest BCUT2D eigenvalue weighted by molar-refractivity contribution is 6.03. The van der Waals surface area contributed by atoms with Crippen LogP contribution in [0.1, 0.15) is 23.7 Å². The van der Waals surface area contributed by atoms with E-state index in [1.54, 1.807) is 12.1 Å². The fourth-order valence-electron chi connectivity index (χ4n) is 2.12. The van der Waals surface area contributed by atoms with Gasteiger partial charge in [-0.25, -0.2) is 13.6 Å². The van der Waals surface area contributed by atoms with Crippen molar-refractivity contribution >= 4 is 29.0 Å². The average molecular weight is 348 g/mol. The summed E-state index contributed by atoms with van der Waals surface area (Å²) in [6.07, 6.45) is 0.865. The number of amides is 3. The molecular formula is C17H18F2N4O2. The number of hydrogen-bond donors (Lipinski definition) is 4. The monoisotopic (exact) mass is 348 g/mol. The maximum absolute atomic E-state index is 13.5. The summed E-state index contributed by atoms with van der Waals surface area (Å²) in [7, 11) is 0. The number of nitrogens with two attached hydrogens (primary N) is 1. The zero-order valence-electron chi connectivity index (χ0n) is 13.5. The predicted octanol–water partition coefficient (Wildman–Crippen LogP) is 3.53. The van der Waals surface area contributed by atoms with Gasteiger partial charge in [-0.15, -0.1) is 0 Å². The molecule has 8 heteroatoms. The summed E-state index contributed by atoms with van der Waals surface area (Å²) >= 11 is 0. The van der Waals surface area contributed by atoms with Gasteiger partial charge in [0.25, 0.3) is 5.91 Å². The minimum Gasteiger partial charge on any atom is -0.384 e. The second kappa shape index (κ2) is 8.09. The van der Waals surface area contributed by atoms with Crippen LogP contribution < -0.4 is 21.7 Å². The van der Waals surface area contributed by atoms with Gasteiger partial charge in [-0.1, -0.05) is 6.92 Å². The van der Waals surface area contributed by atoms with E-state index < -0.39 is 23.6 Å². The Morgan fingerprint density at radius 2 is 1.76 bits per heavy atom. The Labute approximate surface area is 143 Å². The van der Waals surface area contributed by atoms with Gasteiger partial charge < -0.3 is 21.7 Å². The molecule has 2 aromatic carbocycles. The van der Waals surface area contributed by atoms with E-state index in [2.05, 4.69) is 16.0 Å². The van der Waals surface area contributed by atoms with Gasteiger partial charge in [0, 0.05) is 24.0 Å². The molecule has 0 aliphatic heterocycles. The third kappa shape index (κ3) is 4.90. The second-order valence-corrected chi connectivity index (χ2v) is 5.25. The number of urea groups is 1. The molecule has 0 heterocycles. The van der Waals surface area contributed by atoms with Crippen LogP contribution in [0.3, 0.4) is 0 Å². The molecule has 3 amide bonds. The van der Waals surface area contributed by atoms with Gasteiger partial charge in [0.2, 0.25) is 0 Å². The van der Waals surface area contributed by atoms with E-state index in [-0.39, 0.29) is 11.3 Å². The van der Waals surface area contributed by atoms with Crippen molar-refractivity contribution in [1.29, 1.82) is 0 Å². The summed E-state index contributed by atoms with van der Waals surface area (Å²) in [5.74, 6) is -2.29. The Morgan fingerprint density at radius 3 is 2.40 bits per heavy atom. The standard InChI is InChI=1S/C17H18F2N4O2/c1-2-7-21-14-6-4-11(9-12(14)16(20)24)22-17(25)23-15-5-3-10(18)8-13(15)19/h3-6,8-9,21H,2,7H2,1H3,(H2,20,24)(H2,22,23,25). The molecule has 132 valence electrons. The van der Waals surface area contributed by atoms with Crippen LogP contribution in [-0.2, 0) is 0 Å². The zero-order valence-corrected chi connectivity index (χ0v) is 13.5. The van der Waals surface area contributed by atoms with E-state index in [9.17, 15) is 18.4 Å². The fraction of sp³-hybridized carbons (Fsp3) is 0.176. The lowest BCUT2D eigenvalue weighted by Gasteiger charge is -2.13. The molecule has 0 radical (unpaired) electrons. The fourth-order valence-corrected chi connectivity index (χ4v) is 2.12. The summed E-state index contributed by atoms with van der Waals surface area (Å²) in [4.78, 5) is 23.5. The summed E-state index contributed by atoms with van der Waals surface area (Å²) < 4.78 is 26.4. The van der Waals surface area contributed by atoms with E-state index in [1.165, 1.54) is 6.07 Å². The average Bonchev–Trinajstić information content (AvgIpc) is 2.56. The Hall–Kier alpha value is -3.16. The number of benzene rings is 2. The zero-order chi connectivity index (χ0) is 18.4. The molecule has 0 aromatic heterocycles. The lowest BCUT2D eigenvalue weighted by atomic mass is 10.1. The van der Waals surface area contributed by atoms with Gasteiger partial charge in [0.05, 0.1) is 11.3 Å². The van der Waals surface area contributed by atoms with Crippen LogP contribution in [0.15, 0.2) is 36.4 Å². The second-order valence-electron chi connectivity index (χ2n) is 5.25. The highest BCUT2D eigenvalue weighted by atomic mass is 19.1. The van der Waals surface area contributed by atoms with E-state index >= 15 is 0 Å². The van der Waals surface area contributed by atoms with Crippen molar-refractivity contribution in [1.82, 2.24) is 0 Å². The molecule has 0 bridgehead atoms.